The monoisotopic (exact) mass is 341 g/mol. The zero-order valence-electron chi connectivity index (χ0n) is 11.7. The number of esters is 2. The summed E-state index contributed by atoms with van der Waals surface area (Å²) in [5, 5.41) is 2.87. The average molecular weight is 342 g/mol. The summed E-state index contributed by atoms with van der Waals surface area (Å²) in [4.78, 5) is 22.9. The maximum Gasteiger partial charge on any atom is 0.354 e. The fourth-order valence-corrected chi connectivity index (χ4v) is 1.84. The highest BCUT2D eigenvalue weighted by atomic mass is 79.9. The standard InChI is InChI=1S/C14H16BrNO4/c1-8-5-10(6-9(2)13(8)15)16-11(14(18)20-4)7-12(17)19-3/h5-7,16H,1-4H3/b11-7+. The van der Waals surface area contributed by atoms with Gasteiger partial charge in [0.1, 0.15) is 5.70 Å². The van der Waals surface area contributed by atoms with E-state index in [1.165, 1.54) is 14.2 Å². The van der Waals surface area contributed by atoms with Crippen molar-refractivity contribution in [3.8, 4) is 0 Å². The van der Waals surface area contributed by atoms with Crippen LogP contribution in [0, 0.1) is 13.8 Å². The minimum atomic E-state index is -0.645. The molecule has 6 heteroatoms. The summed E-state index contributed by atoms with van der Waals surface area (Å²) in [6, 6.07) is 3.70. The van der Waals surface area contributed by atoms with Crippen molar-refractivity contribution >= 4 is 33.6 Å². The van der Waals surface area contributed by atoms with E-state index >= 15 is 0 Å². The van der Waals surface area contributed by atoms with Crippen LogP contribution in [0.15, 0.2) is 28.4 Å². The van der Waals surface area contributed by atoms with Gasteiger partial charge in [-0.05, 0) is 37.1 Å². The predicted molar refractivity (Wildman–Crippen MR) is 79.4 cm³/mol. The highest BCUT2D eigenvalue weighted by molar-refractivity contribution is 9.10. The summed E-state index contributed by atoms with van der Waals surface area (Å²) >= 11 is 3.47. The van der Waals surface area contributed by atoms with Gasteiger partial charge in [-0.3, -0.25) is 0 Å². The van der Waals surface area contributed by atoms with Gasteiger partial charge in [0.05, 0.1) is 20.3 Å². The molecule has 1 aromatic rings. The quantitative estimate of drug-likeness (QED) is 0.673. The Morgan fingerprint density at radius 3 is 2.15 bits per heavy atom. The number of benzene rings is 1. The lowest BCUT2D eigenvalue weighted by Gasteiger charge is -2.12. The smallest absolute Gasteiger partial charge is 0.354 e. The molecule has 0 aromatic heterocycles. The first kappa shape index (κ1) is 16.2. The molecule has 1 rings (SSSR count). The molecule has 0 heterocycles. The number of hydrogen-bond acceptors (Lipinski definition) is 5. The van der Waals surface area contributed by atoms with E-state index in [0.29, 0.717) is 5.69 Å². The maximum atomic E-state index is 11.6. The first-order valence-electron chi connectivity index (χ1n) is 5.80. The number of hydrogen-bond donors (Lipinski definition) is 1. The summed E-state index contributed by atoms with van der Waals surface area (Å²) in [6.07, 6.45) is 1.05. The van der Waals surface area contributed by atoms with Crippen molar-refractivity contribution in [2.75, 3.05) is 19.5 Å². The number of anilines is 1. The van der Waals surface area contributed by atoms with Gasteiger partial charge in [-0.2, -0.15) is 0 Å². The Bertz CT molecular complexity index is 543. The first-order chi connectivity index (χ1) is 9.38. The van der Waals surface area contributed by atoms with Gasteiger partial charge in [0.2, 0.25) is 0 Å². The fraction of sp³-hybridized carbons (Fsp3) is 0.286. The van der Waals surface area contributed by atoms with Crippen LogP contribution in [0.3, 0.4) is 0 Å². The Labute approximate surface area is 126 Å². The van der Waals surface area contributed by atoms with Crippen LogP contribution in [-0.4, -0.2) is 26.2 Å². The Morgan fingerprint density at radius 2 is 1.70 bits per heavy atom. The summed E-state index contributed by atoms with van der Waals surface area (Å²) < 4.78 is 10.1. The molecule has 0 fully saturated rings. The van der Waals surface area contributed by atoms with Crippen molar-refractivity contribution in [1.29, 1.82) is 0 Å². The molecule has 5 nitrogen and oxygen atoms in total. The Hall–Kier alpha value is -1.82. The molecule has 0 saturated heterocycles. The molecule has 20 heavy (non-hydrogen) atoms. The normalized spacial score (nSPS) is 10.9. The molecule has 0 saturated carbocycles. The maximum absolute atomic E-state index is 11.6. The molecule has 0 aliphatic rings. The Morgan fingerprint density at radius 1 is 1.15 bits per heavy atom. The van der Waals surface area contributed by atoms with E-state index in [-0.39, 0.29) is 5.70 Å². The van der Waals surface area contributed by atoms with E-state index in [2.05, 4.69) is 30.7 Å². The molecule has 1 N–H and O–H groups in total. The number of halogens is 1. The summed E-state index contributed by atoms with van der Waals surface area (Å²) in [5.41, 5.74) is 2.72. The molecule has 0 radical (unpaired) electrons. The topological polar surface area (TPSA) is 64.6 Å². The summed E-state index contributed by atoms with van der Waals surface area (Å²) in [7, 11) is 2.48. The molecule has 0 aliphatic carbocycles. The molecular weight excluding hydrogens is 326 g/mol. The predicted octanol–water partition coefficient (Wildman–Crippen LogP) is 2.71. The Kier molecular flexibility index (Phi) is 5.76. The van der Waals surface area contributed by atoms with Gasteiger partial charge in [0, 0.05) is 10.2 Å². The minimum absolute atomic E-state index is 0.0143. The molecular formula is C14H16BrNO4. The van der Waals surface area contributed by atoms with Crippen LogP contribution in [0.2, 0.25) is 0 Å². The van der Waals surface area contributed by atoms with E-state index < -0.39 is 11.9 Å². The third-order valence-corrected chi connectivity index (χ3v) is 3.83. The fourth-order valence-electron chi connectivity index (χ4n) is 1.61. The van der Waals surface area contributed by atoms with E-state index in [9.17, 15) is 9.59 Å². The van der Waals surface area contributed by atoms with Crippen molar-refractivity contribution in [3.05, 3.63) is 39.5 Å². The second kappa shape index (κ2) is 7.09. The zero-order chi connectivity index (χ0) is 15.3. The van der Waals surface area contributed by atoms with Gasteiger partial charge in [-0.1, -0.05) is 15.9 Å². The molecule has 0 amide bonds. The lowest BCUT2D eigenvalue weighted by atomic mass is 10.1. The first-order valence-corrected chi connectivity index (χ1v) is 6.60. The summed E-state index contributed by atoms with van der Waals surface area (Å²) in [6.45, 7) is 3.87. The molecule has 1 aromatic carbocycles. The van der Waals surface area contributed by atoms with Gasteiger partial charge < -0.3 is 14.8 Å². The number of aryl methyl sites for hydroxylation is 2. The molecule has 0 aliphatic heterocycles. The van der Waals surface area contributed by atoms with Crippen LogP contribution >= 0.6 is 15.9 Å². The number of rotatable bonds is 4. The van der Waals surface area contributed by atoms with Gasteiger partial charge in [-0.15, -0.1) is 0 Å². The van der Waals surface area contributed by atoms with Crippen LogP contribution in [0.5, 0.6) is 0 Å². The van der Waals surface area contributed by atoms with Crippen LogP contribution in [0.1, 0.15) is 11.1 Å². The van der Waals surface area contributed by atoms with E-state index in [4.69, 9.17) is 0 Å². The molecule has 0 unspecified atom stereocenters. The number of carbonyl (C=O) groups is 2. The Balaban J connectivity index is 3.10. The van der Waals surface area contributed by atoms with Gasteiger partial charge in [-0.25, -0.2) is 9.59 Å². The third-order valence-electron chi connectivity index (χ3n) is 2.58. The van der Waals surface area contributed by atoms with Gasteiger partial charge in [0.25, 0.3) is 0 Å². The SMILES string of the molecule is COC(=O)/C=C(/Nc1cc(C)c(Br)c(C)c1)C(=O)OC. The minimum Gasteiger partial charge on any atom is -0.466 e. The van der Waals surface area contributed by atoms with Crippen molar-refractivity contribution in [3.63, 3.8) is 0 Å². The van der Waals surface area contributed by atoms with Crippen LogP contribution in [-0.2, 0) is 19.1 Å². The number of carbonyl (C=O) groups excluding carboxylic acids is 2. The highest BCUT2D eigenvalue weighted by Gasteiger charge is 2.13. The van der Waals surface area contributed by atoms with Crippen molar-refractivity contribution in [1.82, 2.24) is 0 Å². The molecule has 0 spiro atoms. The number of ether oxygens (including phenoxy) is 2. The van der Waals surface area contributed by atoms with E-state index in [0.717, 1.165) is 21.7 Å². The van der Waals surface area contributed by atoms with Crippen molar-refractivity contribution in [2.45, 2.75) is 13.8 Å². The van der Waals surface area contributed by atoms with Crippen molar-refractivity contribution in [2.24, 2.45) is 0 Å². The average Bonchev–Trinajstić information content (AvgIpc) is 2.42. The largest absolute Gasteiger partial charge is 0.466 e. The van der Waals surface area contributed by atoms with Gasteiger partial charge in [0.15, 0.2) is 0 Å². The molecule has 0 bridgehead atoms. The van der Waals surface area contributed by atoms with E-state index in [1.807, 2.05) is 26.0 Å². The number of methoxy groups -OCH3 is 2. The van der Waals surface area contributed by atoms with Crippen LogP contribution in [0.25, 0.3) is 0 Å². The zero-order valence-corrected chi connectivity index (χ0v) is 13.3. The lowest BCUT2D eigenvalue weighted by molar-refractivity contribution is -0.138. The second-order valence-corrected chi connectivity index (χ2v) is 4.91. The highest BCUT2D eigenvalue weighted by Crippen LogP contribution is 2.25. The third kappa shape index (κ3) is 4.09. The van der Waals surface area contributed by atoms with E-state index in [1.54, 1.807) is 0 Å². The molecule has 108 valence electrons. The second-order valence-electron chi connectivity index (χ2n) is 4.12. The van der Waals surface area contributed by atoms with Crippen molar-refractivity contribution < 1.29 is 19.1 Å². The van der Waals surface area contributed by atoms with Crippen LogP contribution in [0.4, 0.5) is 5.69 Å². The lowest BCUT2D eigenvalue weighted by Crippen LogP contribution is -2.15. The number of nitrogens with one attached hydrogen (secondary N) is 1. The molecule has 0 atom stereocenters. The van der Waals surface area contributed by atoms with Crippen LogP contribution < -0.4 is 5.32 Å². The summed E-state index contributed by atoms with van der Waals surface area (Å²) in [5.74, 6) is -1.28. The van der Waals surface area contributed by atoms with Gasteiger partial charge >= 0.3 is 11.9 Å².